The molecule has 0 aliphatic rings. The van der Waals surface area contributed by atoms with Gasteiger partial charge in [-0.15, -0.1) is 0 Å². The van der Waals surface area contributed by atoms with E-state index in [0.29, 0.717) is 41.7 Å². The molecule has 2 aromatic heterocycles. The molecule has 1 amide bonds. The lowest BCUT2D eigenvalue weighted by molar-refractivity contribution is 0.0869. The lowest BCUT2D eigenvalue weighted by Gasteiger charge is -2.13. The highest BCUT2D eigenvalue weighted by Crippen LogP contribution is 2.24. The molecule has 156 valence electrons. The number of carbonyl (C=O) groups excluding carboxylic acids is 1. The molecule has 9 heteroatoms. The molecule has 30 heavy (non-hydrogen) atoms. The van der Waals surface area contributed by atoms with Crippen molar-refractivity contribution in [2.24, 2.45) is 0 Å². The van der Waals surface area contributed by atoms with Crippen LogP contribution in [0.3, 0.4) is 0 Å². The molecule has 0 fully saturated rings. The van der Waals surface area contributed by atoms with Gasteiger partial charge in [-0.2, -0.15) is 0 Å². The summed E-state index contributed by atoms with van der Waals surface area (Å²) in [5.41, 5.74) is 2.07. The zero-order chi connectivity index (χ0) is 21.3. The van der Waals surface area contributed by atoms with E-state index in [-0.39, 0.29) is 17.8 Å². The number of carbonyl (C=O) groups is 1. The van der Waals surface area contributed by atoms with Gasteiger partial charge in [-0.25, -0.2) is 14.4 Å². The van der Waals surface area contributed by atoms with Crippen LogP contribution in [-0.4, -0.2) is 40.1 Å². The second kappa shape index (κ2) is 10.3. The molecule has 0 bridgehead atoms. The SMILES string of the molecule is CC(C)OCCNc1ncc(C(=O)Nc2ccncc2Nc2ccc(F)cc2)cn1. The Hall–Kier alpha value is -3.59. The summed E-state index contributed by atoms with van der Waals surface area (Å²) in [4.78, 5) is 25.0. The van der Waals surface area contributed by atoms with E-state index in [9.17, 15) is 9.18 Å². The minimum Gasteiger partial charge on any atom is -0.377 e. The third kappa shape index (κ3) is 6.21. The van der Waals surface area contributed by atoms with E-state index in [4.69, 9.17) is 4.74 Å². The normalized spacial score (nSPS) is 10.7. The Morgan fingerprint density at radius 2 is 1.80 bits per heavy atom. The number of halogens is 1. The van der Waals surface area contributed by atoms with E-state index >= 15 is 0 Å². The molecule has 0 unspecified atom stereocenters. The maximum atomic E-state index is 13.1. The monoisotopic (exact) mass is 410 g/mol. The Bertz CT molecular complexity index is 964. The lowest BCUT2D eigenvalue weighted by atomic mass is 10.2. The summed E-state index contributed by atoms with van der Waals surface area (Å²) in [5.74, 6) is -0.273. The fraction of sp³-hybridized carbons (Fsp3) is 0.238. The first kappa shape index (κ1) is 21.1. The van der Waals surface area contributed by atoms with Crippen LogP contribution in [0.15, 0.2) is 55.1 Å². The van der Waals surface area contributed by atoms with Gasteiger partial charge in [0.15, 0.2) is 0 Å². The average molecular weight is 410 g/mol. The van der Waals surface area contributed by atoms with Gasteiger partial charge >= 0.3 is 0 Å². The summed E-state index contributed by atoms with van der Waals surface area (Å²) in [6.45, 7) is 5.04. The Morgan fingerprint density at radius 1 is 1.07 bits per heavy atom. The van der Waals surface area contributed by atoms with Gasteiger partial charge in [0.05, 0.1) is 35.8 Å². The van der Waals surface area contributed by atoms with Gasteiger partial charge in [0.2, 0.25) is 5.95 Å². The molecule has 3 N–H and O–H groups in total. The van der Waals surface area contributed by atoms with E-state index in [1.54, 1.807) is 30.6 Å². The topological polar surface area (TPSA) is 101 Å². The molecule has 3 aromatic rings. The maximum absolute atomic E-state index is 13.1. The van der Waals surface area contributed by atoms with Crippen molar-refractivity contribution in [3.63, 3.8) is 0 Å². The Morgan fingerprint density at radius 3 is 2.50 bits per heavy atom. The summed E-state index contributed by atoms with van der Waals surface area (Å²) < 4.78 is 18.5. The van der Waals surface area contributed by atoms with Crippen molar-refractivity contribution in [1.82, 2.24) is 15.0 Å². The fourth-order valence-corrected chi connectivity index (χ4v) is 2.48. The largest absolute Gasteiger partial charge is 0.377 e. The van der Waals surface area contributed by atoms with Crippen LogP contribution in [0, 0.1) is 5.82 Å². The highest BCUT2D eigenvalue weighted by Gasteiger charge is 2.11. The van der Waals surface area contributed by atoms with Crippen molar-refractivity contribution < 1.29 is 13.9 Å². The second-order valence-corrected chi connectivity index (χ2v) is 6.65. The van der Waals surface area contributed by atoms with Crippen molar-refractivity contribution >= 4 is 28.9 Å². The van der Waals surface area contributed by atoms with Crippen molar-refractivity contribution in [2.45, 2.75) is 20.0 Å². The first-order valence-corrected chi connectivity index (χ1v) is 9.47. The molecule has 0 aliphatic carbocycles. The average Bonchev–Trinajstić information content (AvgIpc) is 2.74. The lowest BCUT2D eigenvalue weighted by Crippen LogP contribution is -2.16. The van der Waals surface area contributed by atoms with Crippen molar-refractivity contribution in [3.05, 3.63) is 66.5 Å². The quantitative estimate of drug-likeness (QED) is 0.461. The van der Waals surface area contributed by atoms with Crippen molar-refractivity contribution in [2.75, 3.05) is 29.1 Å². The van der Waals surface area contributed by atoms with Crippen LogP contribution >= 0.6 is 0 Å². The van der Waals surface area contributed by atoms with Crippen LogP contribution in [-0.2, 0) is 4.74 Å². The first-order chi connectivity index (χ1) is 14.5. The molecule has 0 aliphatic heterocycles. The van der Waals surface area contributed by atoms with Crippen LogP contribution in [0.1, 0.15) is 24.2 Å². The predicted molar refractivity (Wildman–Crippen MR) is 113 cm³/mol. The highest BCUT2D eigenvalue weighted by molar-refractivity contribution is 6.05. The van der Waals surface area contributed by atoms with E-state index < -0.39 is 0 Å². The van der Waals surface area contributed by atoms with Gasteiger partial charge in [0.1, 0.15) is 5.82 Å². The third-order valence-electron chi connectivity index (χ3n) is 3.94. The number of nitrogens with one attached hydrogen (secondary N) is 3. The number of hydrogen-bond acceptors (Lipinski definition) is 7. The van der Waals surface area contributed by atoms with Crippen LogP contribution in [0.4, 0.5) is 27.4 Å². The number of pyridine rings is 1. The highest BCUT2D eigenvalue weighted by atomic mass is 19.1. The zero-order valence-electron chi connectivity index (χ0n) is 16.7. The summed E-state index contributed by atoms with van der Waals surface area (Å²) >= 11 is 0. The van der Waals surface area contributed by atoms with Gasteiger partial charge in [0, 0.05) is 30.8 Å². The number of anilines is 4. The van der Waals surface area contributed by atoms with Gasteiger partial charge < -0.3 is 20.7 Å². The molecule has 2 heterocycles. The van der Waals surface area contributed by atoms with Crippen LogP contribution < -0.4 is 16.0 Å². The molecule has 1 aromatic carbocycles. The Balaban J connectivity index is 1.61. The molecule has 3 rings (SSSR count). The first-order valence-electron chi connectivity index (χ1n) is 9.47. The molecule has 8 nitrogen and oxygen atoms in total. The van der Waals surface area contributed by atoms with Crippen LogP contribution in [0.25, 0.3) is 0 Å². The number of aromatic nitrogens is 3. The smallest absolute Gasteiger partial charge is 0.258 e. The van der Waals surface area contributed by atoms with Crippen molar-refractivity contribution in [1.29, 1.82) is 0 Å². The molecular weight excluding hydrogens is 387 g/mol. The summed E-state index contributed by atoms with van der Waals surface area (Å²) in [7, 11) is 0. The third-order valence-corrected chi connectivity index (χ3v) is 3.94. The zero-order valence-corrected chi connectivity index (χ0v) is 16.7. The molecule has 0 saturated carbocycles. The molecule has 0 atom stereocenters. The van der Waals surface area contributed by atoms with Gasteiger partial charge in [-0.1, -0.05) is 0 Å². The summed E-state index contributed by atoms with van der Waals surface area (Å²) in [5, 5.41) is 8.94. The van der Waals surface area contributed by atoms with Crippen molar-refractivity contribution in [3.8, 4) is 0 Å². The van der Waals surface area contributed by atoms with E-state index in [2.05, 4.69) is 30.9 Å². The number of rotatable bonds is 9. The van der Waals surface area contributed by atoms with Crippen LogP contribution in [0.2, 0.25) is 0 Å². The molecule has 0 saturated heterocycles. The Labute approximate surface area is 173 Å². The maximum Gasteiger partial charge on any atom is 0.258 e. The van der Waals surface area contributed by atoms with Gasteiger partial charge in [0.25, 0.3) is 5.91 Å². The second-order valence-electron chi connectivity index (χ2n) is 6.65. The fourth-order valence-electron chi connectivity index (χ4n) is 2.48. The number of ether oxygens (including phenoxy) is 1. The molecule has 0 spiro atoms. The number of benzene rings is 1. The number of hydrogen-bond donors (Lipinski definition) is 3. The molecule has 0 radical (unpaired) electrons. The standard InChI is InChI=1S/C21H23FN6O2/c1-14(2)30-10-9-24-21-25-11-15(12-26-21)20(29)28-18-7-8-23-13-19(18)27-17-5-3-16(22)4-6-17/h3-8,11-14,27H,9-10H2,1-2H3,(H,23,28,29)(H,24,25,26). The Kier molecular flexibility index (Phi) is 7.23. The summed E-state index contributed by atoms with van der Waals surface area (Å²) in [6, 6.07) is 7.55. The number of nitrogens with zero attached hydrogens (tertiary/aromatic N) is 3. The van der Waals surface area contributed by atoms with E-state index in [1.165, 1.54) is 24.5 Å². The van der Waals surface area contributed by atoms with Crippen LogP contribution in [0.5, 0.6) is 0 Å². The van der Waals surface area contributed by atoms with Gasteiger partial charge in [-0.3, -0.25) is 9.78 Å². The van der Waals surface area contributed by atoms with E-state index in [1.807, 2.05) is 13.8 Å². The minimum absolute atomic E-state index is 0.161. The summed E-state index contributed by atoms with van der Waals surface area (Å²) in [6.07, 6.45) is 6.19. The van der Waals surface area contributed by atoms with Gasteiger partial charge in [-0.05, 0) is 44.2 Å². The van der Waals surface area contributed by atoms with E-state index in [0.717, 1.165) is 0 Å². The molecular formula is C21H23FN6O2. The minimum atomic E-state index is -0.363. The number of amides is 1. The predicted octanol–water partition coefficient (Wildman–Crippen LogP) is 3.84.